The number of carbonyl (C=O) groups is 3. The number of hydrogen-bond donors (Lipinski definition) is 2. The van der Waals surface area contributed by atoms with Crippen LogP contribution < -0.4 is 15.4 Å². The van der Waals surface area contributed by atoms with E-state index in [1.54, 1.807) is 48.5 Å². The lowest BCUT2D eigenvalue weighted by molar-refractivity contribution is -0.123. The van der Waals surface area contributed by atoms with Gasteiger partial charge in [0.1, 0.15) is 5.75 Å². The molecular weight excluding hydrogens is 388 g/mol. The molecular formula is C22H20N2O6. The molecule has 2 amide bonds. The van der Waals surface area contributed by atoms with Gasteiger partial charge in [-0.25, -0.2) is 4.79 Å². The van der Waals surface area contributed by atoms with Crippen LogP contribution in [0.2, 0.25) is 0 Å². The highest BCUT2D eigenvalue weighted by atomic mass is 16.5. The summed E-state index contributed by atoms with van der Waals surface area (Å²) >= 11 is 0. The first-order valence-electron chi connectivity index (χ1n) is 9.07. The van der Waals surface area contributed by atoms with Gasteiger partial charge in [-0.15, -0.1) is 0 Å². The molecule has 1 heterocycles. The summed E-state index contributed by atoms with van der Waals surface area (Å²) in [5.41, 5.74) is 1.25. The molecule has 0 spiro atoms. The van der Waals surface area contributed by atoms with Crippen molar-refractivity contribution in [3.05, 3.63) is 78.3 Å². The molecule has 3 rings (SSSR count). The molecule has 0 bridgehead atoms. The number of furan rings is 1. The van der Waals surface area contributed by atoms with Crippen molar-refractivity contribution in [3.63, 3.8) is 0 Å². The predicted octanol–water partition coefficient (Wildman–Crippen LogP) is 3.72. The zero-order valence-electron chi connectivity index (χ0n) is 16.4. The molecule has 0 aliphatic carbocycles. The van der Waals surface area contributed by atoms with Crippen LogP contribution in [0.5, 0.6) is 5.75 Å². The van der Waals surface area contributed by atoms with Gasteiger partial charge in [-0.2, -0.15) is 0 Å². The van der Waals surface area contributed by atoms with Crippen LogP contribution in [0, 0.1) is 0 Å². The van der Waals surface area contributed by atoms with Crippen LogP contribution in [0.1, 0.15) is 27.8 Å². The smallest absolute Gasteiger partial charge is 0.338 e. The lowest BCUT2D eigenvalue weighted by Gasteiger charge is -2.14. The molecule has 0 unspecified atom stereocenters. The number of esters is 1. The average Bonchev–Trinajstić information content (AvgIpc) is 3.29. The van der Waals surface area contributed by atoms with Gasteiger partial charge in [-0.3, -0.25) is 9.59 Å². The molecule has 0 aliphatic heterocycles. The maximum Gasteiger partial charge on any atom is 0.338 e. The van der Waals surface area contributed by atoms with E-state index in [2.05, 4.69) is 10.6 Å². The molecule has 1 aromatic heterocycles. The maximum atomic E-state index is 12.3. The number of benzene rings is 2. The zero-order valence-corrected chi connectivity index (χ0v) is 16.4. The summed E-state index contributed by atoms with van der Waals surface area (Å²) in [5, 5.41) is 5.31. The fraction of sp³-hybridized carbons (Fsp3) is 0.136. The summed E-state index contributed by atoms with van der Waals surface area (Å²) < 4.78 is 15.3. The Hall–Kier alpha value is -4.07. The van der Waals surface area contributed by atoms with E-state index in [1.807, 2.05) is 0 Å². The van der Waals surface area contributed by atoms with Gasteiger partial charge in [-0.05, 0) is 55.5 Å². The fourth-order valence-electron chi connectivity index (χ4n) is 2.52. The molecule has 0 saturated heterocycles. The first kappa shape index (κ1) is 20.7. The molecule has 0 radical (unpaired) electrons. The highest BCUT2D eigenvalue weighted by molar-refractivity contribution is 6.02. The lowest BCUT2D eigenvalue weighted by atomic mass is 10.2. The van der Waals surface area contributed by atoms with Crippen LogP contribution in [0.3, 0.4) is 0 Å². The van der Waals surface area contributed by atoms with E-state index in [9.17, 15) is 14.4 Å². The van der Waals surface area contributed by atoms with Crippen molar-refractivity contribution in [2.24, 2.45) is 0 Å². The van der Waals surface area contributed by atoms with Gasteiger partial charge in [-0.1, -0.05) is 6.07 Å². The molecule has 2 aromatic carbocycles. The molecule has 8 nitrogen and oxygen atoms in total. The molecule has 154 valence electrons. The van der Waals surface area contributed by atoms with E-state index in [-0.39, 0.29) is 11.3 Å². The van der Waals surface area contributed by atoms with Crippen LogP contribution in [0.15, 0.2) is 71.3 Å². The third-order valence-corrected chi connectivity index (χ3v) is 4.11. The number of anilines is 2. The number of ether oxygens (including phenoxy) is 2. The van der Waals surface area contributed by atoms with Gasteiger partial charge in [0.2, 0.25) is 0 Å². The summed E-state index contributed by atoms with van der Waals surface area (Å²) in [4.78, 5) is 36.5. The Morgan fingerprint density at radius 2 is 1.70 bits per heavy atom. The molecule has 3 aromatic rings. The highest BCUT2D eigenvalue weighted by Gasteiger charge is 2.19. The molecule has 0 saturated carbocycles. The highest BCUT2D eigenvalue weighted by Crippen LogP contribution is 2.18. The minimum absolute atomic E-state index is 0.175. The third kappa shape index (κ3) is 5.26. The molecule has 0 aliphatic rings. The topological polar surface area (TPSA) is 107 Å². The Morgan fingerprint density at radius 1 is 0.933 bits per heavy atom. The summed E-state index contributed by atoms with van der Waals surface area (Å²) in [6, 6.07) is 16.1. The summed E-state index contributed by atoms with van der Waals surface area (Å²) in [6.07, 6.45) is 0.390. The van der Waals surface area contributed by atoms with Gasteiger partial charge in [0.15, 0.2) is 11.9 Å². The first-order chi connectivity index (χ1) is 14.5. The van der Waals surface area contributed by atoms with Gasteiger partial charge < -0.3 is 24.5 Å². The molecule has 0 fully saturated rings. The summed E-state index contributed by atoms with van der Waals surface area (Å²) in [7, 11) is 1.53. The van der Waals surface area contributed by atoms with Gasteiger partial charge in [0, 0.05) is 17.4 Å². The Kier molecular flexibility index (Phi) is 6.49. The number of rotatable bonds is 7. The second kappa shape index (κ2) is 9.42. The van der Waals surface area contributed by atoms with Crippen LogP contribution in [-0.2, 0) is 9.53 Å². The Bertz CT molecular complexity index is 1030. The lowest BCUT2D eigenvalue weighted by Crippen LogP contribution is -2.30. The van der Waals surface area contributed by atoms with Crippen molar-refractivity contribution >= 4 is 29.2 Å². The molecule has 2 N–H and O–H groups in total. The number of hydrogen-bond acceptors (Lipinski definition) is 6. The van der Waals surface area contributed by atoms with Crippen molar-refractivity contribution in [3.8, 4) is 5.75 Å². The number of carbonyl (C=O) groups excluding carboxylic acids is 3. The molecule has 30 heavy (non-hydrogen) atoms. The van der Waals surface area contributed by atoms with Crippen LogP contribution in [0.4, 0.5) is 11.4 Å². The van der Waals surface area contributed by atoms with Crippen molar-refractivity contribution in [2.45, 2.75) is 13.0 Å². The predicted molar refractivity (Wildman–Crippen MR) is 110 cm³/mol. The zero-order chi connectivity index (χ0) is 21.5. The Labute approximate surface area is 172 Å². The second-order valence-corrected chi connectivity index (χ2v) is 6.28. The van der Waals surface area contributed by atoms with Crippen molar-refractivity contribution in [1.29, 1.82) is 0 Å². The first-order valence-corrected chi connectivity index (χ1v) is 9.07. The second-order valence-electron chi connectivity index (χ2n) is 6.28. The number of nitrogens with one attached hydrogen (secondary N) is 2. The normalized spacial score (nSPS) is 11.3. The van der Waals surface area contributed by atoms with Crippen LogP contribution >= 0.6 is 0 Å². The fourth-order valence-corrected chi connectivity index (χ4v) is 2.52. The van der Waals surface area contributed by atoms with Gasteiger partial charge >= 0.3 is 5.97 Å². The maximum absolute atomic E-state index is 12.3. The average molecular weight is 408 g/mol. The monoisotopic (exact) mass is 408 g/mol. The Morgan fingerprint density at radius 3 is 2.37 bits per heavy atom. The van der Waals surface area contributed by atoms with Gasteiger partial charge in [0.25, 0.3) is 11.8 Å². The van der Waals surface area contributed by atoms with E-state index in [0.29, 0.717) is 17.1 Å². The van der Waals surface area contributed by atoms with E-state index in [4.69, 9.17) is 13.9 Å². The third-order valence-electron chi connectivity index (χ3n) is 4.11. The van der Waals surface area contributed by atoms with Crippen molar-refractivity contribution < 1.29 is 28.3 Å². The van der Waals surface area contributed by atoms with Crippen molar-refractivity contribution in [1.82, 2.24) is 0 Å². The molecule has 1 atom stereocenters. The largest absolute Gasteiger partial charge is 0.497 e. The number of amides is 2. The van der Waals surface area contributed by atoms with Crippen molar-refractivity contribution in [2.75, 3.05) is 17.7 Å². The van der Waals surface area contributed by atoms with E-state index in [1.165, 1.54) is 32.4 Å². The summed E-state index contributed by atoms with van der Waals surface area (Å²) in [6.45, 7) is 1.48. The number of methoxy groups -OCH3 is 1. The van der Waals surface area contributed by atoms with E-state index in [0.717, 1.165) is 0 Å². The van der Waals surface area contributed by atoms with Gasteiger partial charge in [0.05, 0.1) is 18.9 Å². The SMILES string of the molecule is COc1cccc(NC(=O)[C@@H](C)OC(=O)c2ccc(NC(=O)c3ccco3)cc2)c1. The van der Waals surface area contributed by atoms with E-state index >= 15 is 0 Å². The minimum atomic E-state index is -1.01. The standard InChI is InChI=1S/C22H20N2O6/c1-14(20(25)24-17-5-3-6-18(13-17)28-2)30-22(27)15-8-10-16(11-9-15)23-21(26)19-7-4-12-29-19/h3-14H,1-2H3,(H,23,26)(H,24,25)/t14-/m1/s1. The quantitative estimate of drug-likeness (QED) is 0.577. The summed E-state index contributed by atoms with van der Waals surface area (Å²) in [5.74, 6) is -0.768. The minimum Gasteiger partial charge on any atom is -0.497 e. The Balaban J connectivity index is 1.55. The van der Waals surface area contributed by atoms with E-state index < -0.39 is 23.9 Å². The van der Waals surface area contributed by atoms with Crippen LogP contribution in [-0.4, -0.2) is 31.0 Å². The van der Waals surface area contributed by atoms with Crippen LogP contribution in [0.25, 0.3) is 0 Å². The molecule has 8 heteroatoms.